The van der Waals surface area contributed by atoms with E-state index in [4.69, 9.17) is 0 Å². The summed E-state index contributed by atoms with van der Waals surface area (Å²) >= 11 is 0. The van der Waals surface area contributed by atoms with Crippen LogP contribution in [-0.4, -0.2) is 146 Å². The number of carbonyl (C=O) groups is 2. The Morgan fingerprint density at radius 1 is 0.446 bits per heavy atom. The van der Waals surface area contributed by atoms with E-state index in [9.17, 15) is 26.4 Å². The molecule has 56 heavy (non-hydrogen) atoms. The number of hydrogen-bond donors (Lipinski definition) is 0. The molecule has 0 radical (unpaired) electrons. The minimum atomic E-state index is -3.69. The normalized spacial score (nSPS) is 19.1. The molecule has 6 heterocycles. The molecule has 0 spiro atoms. The number of fused-ring (bicyclic) bond motifs is 2. The second-order valence-corrected chi connectivity index (χ2v) is 17.6. The fraction of sp³-hybridized carbons (Fsp3) is 0.421. The van der Waals surface area contributed by atoms with Gasteiger partial charge in [-0.3, -0.25) is 19.4 Å². The van der Waals surface area contributed by atoms with Crippen LogP contribution in [0.2, 0.25) is 0 Å². The van der Waals surface area contributed by atoms with Gasteiger partial charge in [0, 0.05) is 90.2 Å². The number of benzene rings is 2. The largest absolute Gasteiger partial charge is 0.338 e. The van der Waals surface area contributed by atoms with Gasteiger partial charge in [0.1, 0.15) is 9.79 Å². The maximum Gasteiger partial charge on any atom is 0.269 e. The van der Waals surface area contributed by atoms with E-state index in [-0.39, 0.29) is 34.0 Å². The fourth-order valence-corrected chi connectivity index (χ4v) is 10.6. The molecule has 2 aromatic carbocycles. The summed E-state index contributed by atoms with van der Waals surface area (Å²) in [4.78, 5) is 51.2. The molecule has 18 heteroatoms. The van der Waals surface area contributed by atoms with Crippen LogP contribution in [0.4, 0.5) is 11.9 Å². The molecule has 8 rings (SSSR count). The van der Waals surface area contributed by atoms with Crippen molar-refractivity contribution in [2.45, 2.75) is 35.5 Å². The van der Waals surface area contributed by atoms with Gasteiger partial charge in [-0.25, -0.2) is 45.4 Å². The summed E-state index contributed by atoms with van der Waals surface area (Å²) in [6, 6.07) is 16.4. The molecule has 2 fully saturated rings. The van der Waals surface area contributed by atoms with Crippen LogP contribution in [0.1, 0.15) is 46.4 Å². The van der Waals surface area contributed by atoms with Gasteiger partial charge in [-0.1, -0.05) is 24.3 Å². The third kappa shape index (κ3) is 8.52. The maximum atomic E-state index is 12.5. The lowest BCUT2D eigenvalue weighted by Crippen LogP contribution is -2.47. The molecule has 0 atom stereocenters. The van der Waals surface area contributed by atoms with Crippen LogP contribution in [0.15, 0.2) is 95.2 Å². The van der Waals surface area contributed by atoms with Crippen LogP contribution in [0.5, 0.6) is 0 Å². The van der Waals surface area contributed by atoms with Crippen molar-refractivity contribution in [3.05, 3.63) is 96.6 Å². The molecule has 2 saturated heterocycles. The van der Waals surface area contributed by atoms with E-state index in [1.165, 1.54) is 12.1 Å². The Morgan fingerprint density at radius 3 is 1.14 bits per heavy atom. The highest BCUT2D eigenvalue weighted by molar-refractivity contribution is 7.90. The summed E-state index contributed by atoms with van der Waals surface area (Å²) in [5.41, 5.74) is 0.559. The number of anilines is 2. The average molecular weight is 803 g/mol. The van der Waals surface area contributed by atoms with Crippen molar-refractivity contribution in [3.63, 3.8) is 0 Å². The fourth-order valence-electron chi connectivity index (χ4n) is 7.34. The van der Waals surface area contributed by atoms with Gasteiger partial charge >= 0.3 is 0 Å². The van der Waals surface area contributed by atoms with Crippen LogP contribution in [0, 0.1) is 0 Å². The van der Waals surface area contributed by atoms with Gasteiger partial charge in [-0.2, -0.15) is 0 Å². The molecule has 4 aliphatic heterocycles. The molecule has 4 aromatic rings. The Labute approximate surface area is 327 Å². The van der Waals surface area contributed by atoms with Gasteiger partial charge in [0.15, 0.2) is 0 Å². The first-order valence-corrected chi connectivity index (χ1v) is 21.8. The molecule has 16 nitrogen and oxygen atoms in total. The molecule has 0 unspecified atom stereocenters. The van der Waals surface area contributed by atoms with Crippen LogP contribution >= 0.6 is 0 Å². The van der Waals surface area contributed by atoms with Crippen LogP contribution in [-0.2, 0) is 20.0 Å². The van der Waals surface area contributed by atoms with Crippen molar-refractivity contribution in [1.82, 2.24) is 38.3 Å². The van der Waals surface area contributed by atoms with Crippen LogP contribution in [0.3, 0.4) is 0 Å². The zero-order chi connectivity index (χ0) is 39.1. The predicted molar refractivity (Wildman–Crippen MR) is 209 cm³/mol. The molecular formula is C38H46N10O6S2. The molecule has 0 N–H and O–H groups in total. The molecule has 4 aliphatic rings. The van der Waals surface area contributed by atoms with Crippen molar-refractivity contribution >= 4 is 43.8 Å². The van der Waals surface area contributed by atoms with E-state index >= 15 is 0 Å². The SMILES string of the molecule is O=C1c2ccccc2S(=O)(=O)N1CCCCN1CCN(c2ncccn2)CC1.O=C1c2ccccc2S(=O)(=O)N1CCCCN1CCN(c2ncccn2)CC1. The number of hydrogen-bond acceptors (Lipinski definition) is 14. The number of rotatable bonds is 12. The zero-order valence-electron chi connectivity index (χ0n) is 31.1. The van der Waals surface area contributed by atoms with Crippen LogP contribution < -0.4 is 9.80 Å². The van der Waals surface area contributed by atoms with Crippen molar-refractivity contribution in [2.75, 3.05) is 88.3 Å². The van der Waals surface area contributed by atoms with Gasteiger partial charge in [0.2, 0.25) is 11.9 Å². The van der Waals surface area contributed by atoms with Gasteiger partial charge < -0.3 is 9.80 Å². The van der Waals surface area contributed by atoms with Crippen molar-refractivity contribution in [3.8, 4) is 0 Å². The van der Waals surface area contributed by atoms with E-state index in [1.807, 2.05) is 12.1 Å². The van der Waals surface area contributed by atoms with E-state index in [2.05, 4.69) is 39.5 Å². The molecule has 0 bridgehead atoms. The van der Waals surface area contributed by atoms with Crippen molar-refractivity contribution < 1.29 is 26.4 Å². The Bertz CT molecular complexity index is 2040. The molecule has 0 aliphatic carbocycles. The van der Waals surface area contributed by atoms with E-state index < -0.39 is 31.9 Å². The highest BCUT2D eigenvalue weighted by Gasteiger charge is 2.41. The number of nitrogens with zero attached hydrogens (tertiary/aromatic N) is 10. The van der Waals surface area contributed by atoms with Gasteiger partial charge in [0.05, 0.1) is 11.1 Å². The minimum absolute atomic E-state index is 0.124. The number of amides is 2. The second-order valence-electron chi connectivity index (χ2n) is 13.9. The first-order chi connectivity index (χ1) is 27.1. The molecule has 0 saturated carbocycles. The topological polar surface area (TPSA) is 173 Å². The highest BCUT2D eigenvalue weighted by Crippen LogP contribution is 2.31. The Kier molecular flexibility index (Phi) is 12.2. The predicted octanol–water partition coefficient (Wildman–Crippen LogP) is 2.45. The minimum Gasteiger partial charge on any atom is -0.338 e. The van der Waals surface area contributed by atoms with E-state index in [1.54, 1.807) is 61.2 Å². The summed E-state index contributed by atoms with van der Waals surface area (Å²) in [7, 11) is -7.38. The number of piperazine rings is 2. The summed E-state index contributed by atoms with van der Waals surface area (Å²) in [5.74, 6) is 0.707. The van der Waals surface area contributed by atoms with Crippen molar-refractivity contribution in [2.24, 2.45) is 0 Å². The van der Waals surface area contributed by atoms with Gasteiger partial charge in [-0.15, -0.1) is 0 Å². The Morgan fingerprint density at radius 2 is 0.786 bits per heavy atom. The summed E-state index contributed by atoms with van der Waals surface area (Å²) in [6.07, 6.45) is 10.00. The Balaban J connectivity index is 0.000000172. The smallest absolute Gasteiger partial charge is 0.269 e. The Hall–Kier alpha value is -5.04. The third-order valence-electron chi connectivity index (χ3n) is 10.4. The lowest BCUT2D eigenvalue weighted by molar-refractivity contribution is 0.0859. The van der Waals surface area contributed by atoms with Crippen LogP contribution in [0.25, 0.3) is 0 Å². The summed E-state index contributed by atoms with van der Waals surface area (Å²) < 4.78 is 52.2. The highest BCUT2D eigenvalue weighted by atomic mass is 32.2. The lowest BCUT2D eigenvalue weighted by atomic mass is 10.2. The molecule has 2 aromatic heterocycles. The first kappa shape index (κ1) is 39.2. The van der Waals surface area contributed by atoms with E-state index in [0.29, 0.717) is 12.8 Å². The number of unbranched alkanes of at least 4 members (excludes halogenated alkanes) is 2. The summed E-state index contributed by atoms with van der Waals surface area (Å²) in [6.45, 7) is 9.41. The quantitative estimate of drug-likeness (QED) is 0.191. The first-order valence-electron chi connectivity index (χ1n) is 19.0. The van der Waals surface area contributed by atoms with Gasteiger partial charge in [0.25, 0.3) is 31.9 Å². The molecule has 296 valence electrons. The zero-order valence-corrected chi connectivity index (χ0v) is 32.8. The number of aromatic nitrogens is 4. The number of carbonyl (C=O) groups excluding carboxylic acids is 2. The van der Waals surface area contributed by atoms with Gasteiger partial charge in [-0.05, 0) is 75.2 Å². The number of sulfonamides is 2. The summed E-state index contributed by atoms with van der Waals surface area (Å²) in [5, 5.41) is 0. The van der Waals surface area contributed by atoms with E-state index in [0.717, 1.165) is 98.8 Å². The molecular weight excluding hydrogens is 757 g/mol. The average Bonchev–Trinajstić information content (AvgIpc) is 3.56. The second kappa shape index (κ2) is 17.4. The standard InChI is InChI=1S/2C19H23N5O3S/c2*25-18-16-6-1-2-7-17(16)28(26,27)24(18)11-4-3-10-22-12-14-23(15-13-22)19-20-8-5-9-21-19/h2*1-2,5-9H,3-4,10-15H2. The third-order valence-corrected chi connectivity index (χ3v) is 14.1. The maximum absolute atomic E-state index is 12.5. The molecule has 2 amide bonds. The monoisotopic (exact) mass is 802 g/mol. The lowest BCUT2D eigenvalue weighted by Gasteiger charge is -2.34. The van der Waals surface area contributed by atoms with Crippen molar-refractivity contribution in [1.29, 1.82) is 0 Å².